The number of nitrogens with zero attached hydrogens (tertiary/aromatic N) is 4. The molecule has 0 aliphatic carbocycles. The minimum Gasteiger partial charge on any atom is -0.367 e. The third kappa shape index (κ3) is 5.08. The number of anilines is 1. The second-order valence-corrected chi connectivity index (χ2v) is 9.17. The summed E-state index contributed by atoms with van der Waals surface area (Å²) in [6, 6.07) is 13.1. The van der Waals surface area contributed by atoms with E-state index in [0.29, 0.717) is 17.0 Å². The first-order chi connectivity index (χ1) is 16.8. The Balaban J connectivity index is 1.23. The zero-order valence-electron chi connectivity index (χ0n) is 19.3. The fourth-order valence-electron chi connectivity index (χ4n) is 4.85. The molecule has 1 fully saturated rings. The summed E-state index contributed by atoms with van der Waals surface area (Å²) in [5.74, 6) is 0.661. The number of hydrogen-bond donors (Lipinski definition) is 2. The third-order valence-corrected chi connectivity index (χ3v) is 6.73. The van der Waals surface area contributed by atoms with Crippen molar-refractivity contribution >= 4 is 27.6 Å². The summed E-state index contributed by atoms with van der Waals surface area (Å²) in [5, 5.41) is 14.5. The van der Waals surface area contributed by atoms with Crippen molar-refractivity contribution in [3.8, 4) is 6.07 Å². The lowest BCUT2D eigenvalue weighted by molar-refractivity contribution is -0.127. The van der Waals surface area contributed by atoms with Gasteiger partial charge in [0.05, 0.1) is 11.9 Å². The van der Waals surface area contributed by atoms with Crippen molar-refractivity contribution in [1.29, 1.82) is 5.26 Å². The van der Waals surface area contributed by atoms with Gasteiger partial charge in [-0.2, -0.15) is 18.4 Å². The van der Waals surface area contributed by atoms with Crippen molar-refractivity contribution in [3.05, 3.63) is 65.1 Å². The summed E-state index contributed by atoms with van der Waals surface area (Å²) in [7, 11) is 0. The number of likely N-dealkylation sites (tertiary alicyclic amines) is 1. The number of rotatable bonds is 5. The lowest BCUT2D eigenvalue weighted by atomic mass is 10.0. The Hall–Kier alpha value is -3.64. The highest BCUT2D eigenvalue weighted by molar-refractivity contribution is 5.89. The summed E-state index contributed by atoms with van der Waals surface area (Å²) in [4.78, 5) is 14.1. The van der Waals surface area contributed by atoms with Crippen molar-refractivity contribution < 1.29 is 13.2 Å². The number of aromatic amines is 1. The number of H-pyrrole nitrogens is 1. The van der Waals surface area contributed by atoms with Crippen LogP contribution in [0.4, 0.5) is 19.0 Å². The highest BCUT2D eigenvalue weighted by Gasteiger charge is 2.28. The molecule has 6 nitrogen and oxygen atoms in total. The van der Waals surface area contributed by atoms with E-state index in [9.17, 15) is 13.2 Å². The molecule has 0 amide bonds. The van der Waals surface area contributed by atoms with Gasteiger partial charge in [0, 0.05) is 42.0 Å². The number of nitriles is 1. The van der Waals surface area contributed by atoms with Crippen molar-refractivity contribution in [2.24, 2.45) is 0 Å². The number of hydrogen-bond acceptors (Lipinski definition) is 5. The van der Waals surface area contributed by atoms with Gasteiger partial charge in [0.2, 0.25) is 0 Å². The fourth-order valence-corrected chi connectivity index (χ4v) is 4.85. The largest absolute Gasteiger partial charge is 0.393 e. The van der Waals surface area contributed by atoms with Crippen molar-refractivity contribution in [1.82, 2.24) is 19.9 Å². The molecule has 3 heterocycles. The lowest BCUT2D eigenvalue weighted by Gasteiger charge is -2.33. The maximum atomic E-state index is 12.7. The van der Waals surface area contributed by atoms with Crippen molar-refractivity contribution in [2.45, 2.75) is 44.9 Å². The van der Waals surface area contributed by atoms with Gasteiger partial charge < -0.3 is 10.3 Å². The molecule has 5 rings (SSSR count). The third-order valence-electron chi connectivity index (χ3n) is 6.73. The smallest absolute Gasteiger partial charge is 0.367 e. The number of piperidine rings is 1. The Morgan fingerprint density at radius 3 is 2.66 bits per heavy atom. The second-order valence-electron chi connectivity index (χ2n) is 9.17. The van der Waals surface area contributed by atoms with Crippen LogP contribution in [0.1, 0.15) is 35.2 Å². The number of alkyl halides is 3. The molecule has 0 bridgehead atoms. The van der Waals surface area contributed by atoms with E-state index < -0.39 is 12.6 Å². The number of fused-ring (bicyclic) bond motifs is 2. The number of nitrogens with one attached hydrogen (secondary N) is 2. The first kappa shape index (κ1) is 23.1. The Labute approximate surface area is 200 Å². The van der Waals surface area contributed by atoms with Gasteiger partial charge in [0.15, 0.2) is 0 Å². The molecule has 9 heteroatoms. The molecule has 2 aromatic carbocycles. The van der Waals surface area contributed by atoms with Crippen LogP contribution in [0.5, 0.6) is 0 Å². The molecule has 0 spiro atoms. The van der Waals surface area contributed by atoms with E-state index in [1.165, 1.54) is 29.6 Å². The molecular weight excluding hydrogens is 453 g/mol. The first-order valence-corrected chi connectivity index (χ1v) is 11.6. The molecule has 0 atom stereocenters. The van der Waals surface area contributed by atoms with Gasteiger partial charge in [-0.25, -0.2) is 9.97 Å². The molecule has 4 aromatic rings. The van der Waals surface area contributed by atoms with Crippen LogP contribution in [0.2, 0.25) is 0 Å². The lowest BCUT2D eigenvalue weighted by Crippen LogP contribution is -2.39. The van der Waals surface area contributed by atoms with Crippen molar-refractivity contribution in [3.63, 3.8) is 0 Å². The summed E-state index contributed by atoms with van der Waals surface area (Å²) < 4.78 is 38.2. The van der Waals surface area contributed by atoms with Crippen LogP contribution in [0.25, 0.3) is 21.8 Å². The molecule has 1 aliphatic heterocycles. The number of aryl methyl sites for hydroxylation is 1. The monoisotopic (exact) mass is 478 g/mol. The minimum atomic E-state index is -4.25. The normalized spacial score (nSPS) is 15.5. The van der Waals surface area contributed by atoms with E-state index in [1.54, 1.807) is 6.07 Å². The molecule has 180 valence electrons. The molecule has 2 N–H and O–H groups in total. The minimum absolute atomic E-state index is 0.194. The van der Waals surface area contributed by atoms with Crippen LogP contribution >= 0.6 is 0 Å². The van der Waals surface area contributed by atoms with Gasteiger partial charge in [0.25, 0.3) is 0 Å². The van der Waals surface area contributed by atoms with Gasteiger partial charge in [-0.3, -0.25) is 4.90 Å². The molecule has 1 saturated heterocycles. The van der Waals surface area contributed by atoms with Crippen LogP contribution in [-0.2, 0) is 13.0 Å². The quantitative estimate of drug-likeness (QED) is 0.398. The Bertz CT molecular complexity index is 1410. The Morgan fingerprint density at radius 1 is 1.11 bits per heavy atom. The SMILES string of the molecule is Cc1c(CN2CCC(Nc3ncnc4cc(CC(F)(F)F)ccc34)CC2)ccc2[nH]c(C#N)cc12. The van der Waals surface area contributed by atoms with Gasteiger partial charge in [-0.1, -0.05) is 12.1 Å². The molecule has 2 aromatic heterocycles. The molecular formula is C26H25F3N6. The first-order valence-electron chi connectivity index (χ1n) is 11.6. The van der Waals surface area contributed by atoms with Gasteiger partial charge >= 0.3 is 6.18 Å². The van der Waals surface area contributed by atoms with Gasteiger partial charge in [0.1, 0.15) is 23.9 Å². The zero-order valence-corrected chi connectivity index (χ0v) is 19.3. The summed E-state index contributed by atoms with van der Waals surface area (Å²) in [6.07, 6.45) is -1.95. The van der Waals surface area contributed by atoms with E-state index in [-0.39, 0.29) is 11.6 Å². The summed E-state index contributed by atoms with van der Waals surface area (Å²) in [5.41, 5.74) is 4.70. The summed E-state index contributed by atoms with van der Waals surface area (Å²) in [6.45, 7) is 4.79. The molecule has 0 saturated carbocycles. The van der Waals surface area contributed by atoms with Crippen molar-refractivity contribution in [2.75, 3.05) is 18.4 Å². The average molecular weight is 479 g/mol. The van der Waals surface area contributed by atoms with Crippen LogP contribution in [0.3, 0.4) is 0 Å². The molecule has 1 aliphatic rings. The van der Waals surface area contributed by atoms with E-state index in [0.717, 1.165) is 48.8 Å². The number of benzene rings is 2. The predicted molar refractivity (Wildman–Crippen MR) is 129 cm³/mol. The predicted octanol–water partition coefficient (Wildman–Crippen LogP) is 5.47. The van der Waals surface area contributed by atoms with Crippen LogP contribution in [0.15, 0.2) is 42.7 Å². The van der Waals surface area contributed by atoms with E-state index in [4.69, 9.17) is 5.26 Å². The fraction of sp³-hybridized carbons (Fsp3) is 0.346. The molecule has 0 radical (unpaired) electrons. The maximum Gasteiger partial charge on any atom is 0.393 e. The molecule has 35 heavy (non-hydrogen) atoms. The topological polar surface area (TPSA) is 80.6 Å². The highest BCUT2D eigenvalue weighted by atomic mass is 19.4. The van der Waals surface area contributed by atoms with E-state index >= 15 is 0 Å². The van der Waals surface area contributed by atoms with Gasteiger partial charge in [-0.15, -0.1) is 0 Å². The standard InChI is InChI=1S/C26H25F3N6/c1-16-18(3-5-23-22(16)11-20(13-30)33-23)14-35-8-6-19(7-9-35)34-25-21-4-2-17(12-26(27,28)29)10-24(21)31-15-32-25/h2-5,10-11,15,19,33H,6-9,12,14H2,1H3,(H,31,32,34). The second kappa shape index (κ2) is 9.19. The average Bonchev–Trinajstić information content (AvgIpc) is 3.25. The van der Waals surface area contributed by atoms with E-state index in [1.807, 2.05) is 12.1 Å². The Kier molecular flexibility index (Phi) is 6.07. The number of aromatic nitrogens is 3. The van der Waals surface area contributed by atoms with Gasteiger partial charge in [-0.05, 0) is 60.7 Å². The zero-order chi connectivity index (χ0) is 24.6. The maximum absolute atomic E-state index is 12.7. The summed E-state index contributed by atoms with van der Waals surface area (Å²) >= 11 is 0. The van der Waals surface area contributed by atoms with Crippen LogP contribution in [-0.4, -0.2) is 45.2 Å². The Morgan fingerprint density at radius 2 is 1.91 bits per heavy atom. The molecule has 0 unspecified atom stereocenters. The van der Waals surface area contributed by atoms with Crippen LogP contribution in [0, 0.1) is 18.3 Å². The van der Waals surface area contributed by atoms with E-state index in [2.05, 4.69) is 44.2 Å². The van der Waals surface area contributed by atoms with Crippen LogP contribution < -0.4 is 5.32 Å². The number of halogens is 3. The highest BCUT2D eigenvalue weighted by Crippen LogP contribution is 2.28.